The van der Waals surface area contributed by atoms with Crippen LogP contribution in [0.1, 0.15) is 17.7 Å². The van der Waals surface area contributed by atoms with E-state index in [1.807, 2.05) is 30.2 Å². The molecule has 3 rings (SSSR count). The first-order valence-corrected chi connectivity index (χ1v) is 8.60. The number of hydrogen-bond donors (Lipinski definition) is 0. The molecular weight excluding hydrogens is 352 g/mol. The first-order valence-electron chi connectivity index (χ1n) is 6.99. The summed E-state index contributed by atoms with van der Waals surface area (Å²) in [5.41, 5.74) is 0. The van der Waals surface area contributed by atoms with Crippen molar-refractivity contribution in [1.29, 1.82) is 0 Å². The molecule has 2 aliphatic rings. The van der Waals surface area contributed by atoms with Gasteiger partial charge in [-0.1, -0.05) is 12.2 Å². The number of likely N-dealkylation sites (tertiary alicyclic amines) is 1. The van der Waals surface area contributed by atoms with E-state index in [1.165, 1.54) is 9.78 Å². The maximum absolute atomic E-state index is 12.4. The quantitative estimate of drug-likeness (QED) is 0.605. The van der Waals surface area contributed by atoms with Crippen molar-refractivity contribution in [3.05, 3.63) is 32.9 Å². The summed E-state index contributed by atoms with van der Waals surface area (Å²) in [5, 5.41) is 0. The normalized spacial score (nSPS) is 25.0. The van der Waals surface area contributed by atoms with Gasteiger partial charge in [0.2, 0.25) is 11.8 Å². The maximum atomic E-state index is 12.4. The molecule has 2 heterocycles. The van der Waals surface area contributed by atoms with E-state index in [0.29, 0.717) is 19.5 Å². The van der Waals surface area contributed by atoms with Gasteiger partial charge in [0.15, 0.2) is 0 Å². The van der Waals surface area contributed by atoms with Crippen LogP contribution >= 0.6 is 27.3 Å². The number of allylic oxidation sites excluding steroid dienone is 2. The average Bonchev–Trinajstić information content (AvgIpc) is 2.97. The summed E-state index contributed by atoms with van der Waals surface area (Å²) in [6, 6.07) is 4.07. The Bertz CT molecular complexity index is 572. The van der Waals surface area contributed by atoms with Crippen LogP contribution in [-0.2, 0) is 16.1 Å². The summed E-state index contributed by atoms with van der Waals surface area (Å²) < 4.78 is 1.09. The van der Waals surface area contributed by atoms with Gasteiger partial charge >= 0.3 is 0 Å². The van der Waals surface area contributed by atoms with Gasteiger partial charge in [-0.3, -0.25) is 19.4 Å². The molecule has 0 unspecified atom stereocenters. The highest BCUT2D eigenvalue weighted by Gasteiger charge is 2.47. The van der Waals surface area contributed by atoms with Gasteiger partial charge < -0.3 is 0 Å². The fraction of sp³-hybridized carbons (Fsp3) is 0.467. The molecule has 2 amide bonds. The second-order valence-electron chi connectivity index (χ2n) is 5.62. The molecule has 1 aromatic heterocycles. The van der Waals surface area contributed by atoms with Crippen LogP contribution in [0.4, 0.5) is 0 Å². The van der Waals surface area contributed by atoms with E-state index in [2.05, 4.69) is 22.0 Å². The highest BCUT2D eigenvalue weighted by atomic mass is 79.9. The number of carbonyl (C=O) groups excluding carboxylic acids is 2. The smallest absolute Gasteiger partial charge is 0.234 e. The zero-order valence-electron chi connectivity index (χ0n) is 11.8. The van der Waals surface area contributed by atoms with Crippen molar-refractivity contribution < 1.29 is 9.59 Å². The second-order valence-corrected chi connectivity index (χ2v) is 8.17. The number of halogens is 1. The van der Waals surface area contributed by atoms with E-state index in [1.54, 1.807) is 11.3 Å². The lowest BCUT2D eigenvalue weighted by atomic mass is 9.85. The van der Waals surface area contributed by atoms with Gasteiger partial charge in [0.05, 0.1) is 22.3 Å². The number of carbonyl (C=O) groups is 2. The Morgan fingerprint density at radius 2 is 1.86 bits per heavy atom. The van der Waals surface area contributed by atoms with E-state index in [0.717, 1.165) is 10.3 Å². The van der Waals surface area contributed by atoms with E-state index in [4.69, 9.17) is 0 Å². The molecular formula is C15H17BrN2O2S. The monoisotopic (exact) mass is 368 g/mol. The molecule has 112 valence electrons. The van der Waals surface area contributed by atoms with Crippen molar-refractivity contribution in [2.45, 2.75) is 19.4 Å². The van der Waals surface area contributed by atoms with Crippen LogP contribution in [0.15, 0.2) is 28.1 Å². The number of fused-ring (bicyclic) bond motifs is 1. The topological polar surface area (TPSA) is 40.6 Å². The Morgan fingerprint density at radius 1 is 1.24 bits per heavy atom. The molecule has 0 N–H and O–H groups in total. The zero-order chi connectivity index (χ0) is 15.0. The Morgan fingerprint density at radius 3 is 2.38 bits per heavy atom. The van der Waals surface area contributed by atoms with Crippen molar-refractivity contribution in [1.82, 2.24) is 9.80 Å². The van der Waals surface area contributed by atoms with Gasteiger partial charge in [0.25, 0.3) is 0 Å². The molecule has 0 bridgehead atoms. The molecule has 0 aromatic carbocycles. The van der Waals surface area contributed by atoms with E-state index < -0.39 is 0 Å². The largest absolute Gasteiger partial charge is 0.284 e. The van der Waals surface area contributed by atoms with Crippen molar-refractivity contribution in [2.75, 3.05) is 13.7 Å². The van der Waals surface area contributed by atoms with Crippen LogP contribution in [0.25, 0.3) is 0 Å². The minimum absolute atomic E-state index is 0.00596. The first-order chi connectivity index (χ1) is 10.1. The maximum Gasteiger partial charge on any atom is 0.234 e. The van der Waals surface area contributed by atoms with E-state index >= 15 is 0 Å². The molecule has 1 fully saturated rings. The lowest BCUT2D eigenvalue weighted by Gasteiger charge is -2.22. The Hall–Kier alpha value is -0.980. The van der Waals surface area contributed by atoms with Crippen LogP contribution in [0.3, 0.4) is 0 Å². The van der Waals surface area contributed by atoms with Crippen LogP contribution in [0.5, 0.6) is 0 Å². The SMILES string of the molecule is CN(Cc1ccc(Br)s1)CN1C(=O)[C@H]2CC=CC[C@H]2C1=O. The van der Waals surface area contributed by atoms with Crippen LogP contribution in [0.2, 0.25) is 0 Å². The van der Waals surface area contributed by atoms with Gasteiger partial charge in [0, 0.05) is 11.4 Å². The van der Waals surface area contributed by atoms with E-state index in [-0.39, 0.29) is 23.7 Å². The number of imide groups is 1. The minimum atomic E-state index is -0.133. The van der Waals surface area contributed by atoms with Gasteiger partial charge in [-0.2, -0.15) is 0 Å². The summed E-state index contributed by atoms with van der Waals surface area (Å²) in [5.74, 6) is -0.277. The fourth-order valence-electron chi connectivity index (χ4n) is 3.00. The van der Waals surface area contributed by atoms with Crippen molar-refractivity contribution in [3.8, 4) is 0 Å². The summed E-state index contributed by atoms with van der Waals surface area (Å²) in [7, 11) is 1.94. The summed E-state index contributed by atoms with van der Waals surface area (Å²) >= 11 is 5.12. The molecule has 1 saturated heterocycles. The van der Waals surface area contributed by atoms with Crippen LogP contribution in [0, 0.1) is 11.8 Å². The predicted molar refractivity (Wildman–Crippen MR) is 85.6 cm³/mol. The third-order valence-electron chi connectivity index (χ3n) is 4.04. The lowest BCUT2D eigenvalue weighted by molar-refractivity contribution is -0.142. The molecule has 1 aliphatic carbocycles. The second kappa shape index (κ2) is 6.02. The number of hydrogen-bond acceptors (Lipinski definition) is 4. The Labute approximate surface area is 136 Å². The third kappa shape index (κ3) is 2.98. The van der Waals surface area contributed by atoms with Gasteiger partial charge in [-0.15, -0.1) is 11.3 Å². The highest BCUT2D eigenvalue weighted by molar-refractivity contribution is 9.11. The molecule has 1 aromatic rings. The van der Waals surface area contributed by atoms with Crippen LogP contribution < -0.4 is 0 Å². The number of rotatable bonds is 4. The zero-order valence-corrected chi connectivity index (χ0v) is 14.2. The summed E-state index contributed by atoms with van der Waals surface area (Å²) in [6.07, 6.45) is 5.44. The molecule has 4 nitrogen and oxygen atoms in total. The fourth-order valence-corrected chi connectivity index (χ4v) is 4.57. The number of amides is 2. The lowest BCUT2D eigenvalue weighted by Crippen LogP contribution is -2.39. The molecule has 2 atom stereocenters. The number of thiophene rings is 1. The van der Waals surface area contributed by atoms with Gasteiger partial charge in [-0.05, 0) is 48.0 Å². The van der Waals surface area contributed by atoms with Crippen molar-refractivity contribution in [2.24, 2.45) is 11.8 Å². The van der Waals surface area contributed by atoms with Crippen LogP contribution in [-0.4, -0.2) is 35.3 Å². The van der Waals surface area contributed by atoms with Gasteiger partial charge in [-0.25, -0.2) is 0 Å². The van der Waals surface area contributed by atoms with Gasteiger partial charge in [0.1, 0.15) is 0 Å². The average molecular weight is 369 g/mol. The molecule has 0 saturated carbocycles. The Balaban J connectivity index is 1.64. The molecule has 0 radical (unpaired) electrons. The third-order valence-corrected chi connectivity index (χ3v) is 5.64. The summed E-state index contributed by atoms with van der Waals surface area (Å²) in [4.78, 5) is 29.4. The standard InChI is InChI=1S/C15H17BrN2O2S/c1-17(8-10-6-7-13(16)21-10)9-18-14(19)11-4-2-3-5-12(11)15(18)20/h2-3,6-7,11-12H,4-5,8-9H2,1H3/t11-,12+. The number of nitrogens with zero attached hydrogens (tertiary/aromatic N) is 2. The highest BCUT2D eigenvalue weighted by Crippen LogP contribution is 2.35. The molecule has 0 spiro atoms. The molecule has 21 heavy (non-hydrogen) atoms. The Kier molecular flexibility index (Phi) is 4.28. The first kappa shape index (κ1) is 14.9. The minimum Gasteiger partial charge on any atom is -0.284 e. The van der Waals surface area contributed by atoms with Crippen molar-refractivity contribution in [3.63, 3.8) is 0 Å². The molecule has 1 aliphatic heterocycles. The summed E-state index contributed by atoms with van der Waals surface area (Å²) in [6.45, 7) is 1.11. The van der Waals surface area contributed by atoms with E-state index in [9.17, 15) is 9.59 Å². The predicted octanol–water partition coefficient (Wildman–Crippen LogP) is 2.85. The molecule has 6 heteroatoms. The van der Waals surface area contributed by atoms with Crippen molar-refractivity contribution >= 4 is 39.1 Å².